The molecule has 1 aromatic carbocycles. The van der Waals surface area contributed by atoms with Crippen molar-refractivity contribution in [1.29, 1.82) is 0 Å². The number of aromatic nitrogens is 3. The van der Waals surface area contributed by atoms with E-state index in [0.717, 1.165) is 66.0 Å². The molecular formula is C26H24Cl2N6O. The Hall–Kier alpha value is -2.97. The molecule has 3 N–H and O–H groups in total. The highest BCUT2D eigenvalue weighted by Gasteiger charge is 2.33. The van der Waals surface area contributed by atoms with Crippen LogP contribution in [0.1, 0.15) is 6.42 Å². The number of morpholine rings is 1. The monoisotopic (exact) mass is 506 g/mol. The summed E-state index contributed by atoms with van der Waals surface area (Å²) in [6.45, 7) is 3.24. The van der Waals surface area contributed by atoms with Gasteiger partial charge in [0.2, 0.25) is 0 Å². The lowest BCUT2D eigenvalue weighted by Crippen LogP contribution is -2.57. The van der Waals surface area contributed by atoms with E-state index in [1.807, 2.05) is 30.5 Å². The van der Waals surface area contributed by atoms with E-state index in [1.165, 1.54) is 0 Å². The fourth-order valence-corrected chi connectivity index (χ4v) is 5.64. The van der Waals surface area contributed by atoms with Crippen molar-refractivity contribution in [2.24, 2.45) is 0 Å². The zero-order chi connectivity index (χ0) is 23.9. The largest absolute Gasteiger partial charge is 0.383 e. The van der Waals surface area contributed by atoms with E-state index in [4.69, 9.17) is 38.7 Å². The Balaban J connectivity index is 1.55. The maximum absolute atomic E-state index is 6.39. The molecule has 0 spiro atoms. The number of hydrogen-bond donors (Lipinski definition) is 2. The molecular weight excluding hydrogens is 483 g/mol. The minimum atomic E-state index is 0.113. The molecule has 35 heavy (non-hydrogen) atoms. The van der Waals surface area contributed by atoms with Crippen molar-refractivity contribution in [3.8, 4) is 22.3 Å². The maximum Gasteiger partial charge on any atom is 0.161 e. The minimum Gasteiger partial charge on any atom is -0.383 e. The summed E-state index contributed by atoms with van der Waals surface area (Å²) in [5.41, 5.74) is 11.5. The molecule has 4 aromatic rings. The van der Waals surface area contributed by atoms with Gasteiger partial charge in [-0.3, -0.25) is 0 Å². The molecule has 0 aliphatic carbocycles. The van der Waals surface area contributed by atoms with Gasteiger partial charge in [0.05, 0.1) is 18.4 Å². The second-order valence-corrected chi connectivity index (χ2v) is 9.79. The van der Waals surface area contributed by atoms with Crippen molar-refractivity contribution in [3.05, 3.63) is 65.0 Å². The molecule has 2 fully saturated rings. The van der Waals surface area contributed by atoms with Gasteiger partial charge in [-0.2, -0.15) is 0 Å². The lowest BCUT2D eigenvalue weighted by molar-refractivity contribution is -0.00896. The van der Waals surface area contributed by atoms with Gasteiger partial charge in [0.25, 0.3) is 0 Å². The van der Waals surface area contributed by atoms with Crippen molar-refractivity contribution < 1.29 is 4.74 Å². The number of hydrogen-bond acceptors (Lipinski definition) is 7. The van der Waals surface area contributed by atoms with E-state index in [-0.39, 0.29) is 6.10 Å². The fraction of sp³-hybridized carbons (Fsp3) is 0.269. The summed E-state index contributed by atoms with van der Waals surface area (Å²) in [6.07, 6.45) is 6.43. The molecule has 0 radical (unpaired) electrons. The molecule has 9 heteroatoms. The van der Waals surface area contributed by atoms with Gasteiger partial charge in [0, 0.05) is 76.4 Å². The minimum absolute atomic E-state index is 0.113. The number of nitrogens with zero attached hydrogens (tertiary/aromatic N) is 4. The Bertz CT molecular complexity index is 1390. The van der Waals surface area contributed by atoms with E-state index in [1.54, 1.807) is 18.5 Å². The first-order valence-corrected chi connectivity index (χ1v) is 12.4. The van der Waals surface area contributed by atoms with Crippen LogP contribution >= 0.6 is 23.2 Å². The molecule has 0 bridgehead atoms. The third-order valence-electron chi connectivity index (χ3n) is 6.73. The molecule has 0 saturated carbocycles. The lowest BCUT2D eigenvalue weighted by Gasteiger charge is -2.43. The molecule has 0 amide bonds. The maximum atomic E-state index is 6.39. The van der Waals surface area contributed by atoms with Gasteiger partial charge in [0.15, 0.2) is 5.65 Å². The number of piperidine rings is 1. The van der Waals surface area contributed by atoms with Gasteiger partial charge < -0.3 is 20.7 Å². The van der Waals surface area contributed by atoms with Crippen molar-refractivity contribution >= 4 is 45.7 Å². The Morgan fingerprint density at radius 3 is 2.66 bits per heavy atom. The Morgan fingerprint density at radius 2 is 1.83 bits per heavy atom. The number of benzene rings is 1. The Kier molecular flexibility index (Phi) is 5.94. The highest BCUT2D eigenvalue weighted by Crippen LogP contribution is 2.41. The van der Waals surface area contributed by atoms with E-state index in [2.05, 4.69) is 26.3 Å². The van der Waals surface area contributed by atoms with Crippen LogP contribution in [-0.4, -0.2) is 53.3 Å². The van der Waals surface area contributed by atoms with Crippen molar-refractivity contribution in [3.63, 3.8) is 0 Å². The number of nitrogen functional groups attached to an aromatic ring is 1. The molecule has 2 aliphatic rings. The quantitative estimate of drug-likeness (QED) is 0.411. The standard InChI is InChI=1S/C26H24Cl2N6O/c27-17-8-15(9-18(28)11-17)21-13-33-26-20(10-16(12-32-26)19-2-1-4-31-25(19)29)24(21)34-6-3-22-23(14-34)35-7-5-30-22/h1-2,4,8-13,22-23,30H,3,5-7,14H2,(H2,29,31)/t22-,23-/m1/s1. The second-order valence-electron chi connectivity index (χ2n) is 8.91. The molecule has 5 heterocycles. The van der Waals surface area contributed by atoms with Crippen LogP contribution in [0.15, 0.2) is 55.0 Å². The normalized spacial score (nSPS) is 20.1. The summed E-state index contributed by atoms with van der Waals surface area (Å²) in [5, 5.41) is 5.68. The van der Waals surface area contributed by atoms with Gasteiger partial charge >= 0.3 is 0 Å². The molecule has 2 aliphatic heterocycles. The predicted octanol–water partition coefficient (Wildman–Crippen LogP) is 4.81. The summed E-state index contributed by atoms with van der Waals surface area (Å²) in [5.74, 6) is 0.462. The highest BCUT2D eigenvalue weighted by molar-refractivity contribution is 6.35. The zero-order valence-corrected chi connectivity index (χ0v) is 20.4. The Labute approximate surface area is 213 Å². The first kappa shape index (κ1) is 22.5. The molecule has 2 atom stereocenters. The molecule has 178 valence electrons. The van der Waals surface area contributed by atoms with Crippen LogP contribution in [0.5, 0.6) is 0 Å². The summed E-state index contributed by atoms with van der Waals surface area (Å²) in [4.78, 5) is 16.0. The number of nitrogens with one attached hydrogen (secondary N) is 1. The van der Waals surface area contributed by atoms with E-state index in [9.17, 15) is 0 Å². The summed E-state index contributed by atoms with van der Waals surface area (Å²) in [7, 11) is 0. The van der Waals surface area contributed by atoms with Crippen molar-refractivity contribution in [2.45, 2.75) is 18.6 Å². The topological polar surface area (TPSA) is 89.2 Å². The number of rotatable bonds is 3. The van der Waals surface area contributed by atoms with Gasteiger partial charge in [-0.1, -0.05) is 23.2 Å². The fourth-order valence-electron chi connectivity index (χ4n) is 5.11. The van der Waals surface area contributed by atoms with Crippen LogP contribution in [0.3, 0.4) is 0 Å². The third kappa shape index (κ3) is 4.29. The van der Waals surface area contributed by atoms with Gasteiger partial charge in [-0.15, -0.1) is 0 Å². The van der Waals surface area contributed by atoms with Gasteiger partial charge in [-0.25, -0.2) is 15.0 Å². The SMILES string of the molecule is Nc1ncccc1-c1cnc2ncc(-c3cc(Cl)cc(Cl)c3)c(N3CC[C@H]4NCCO[C@@H]4C3)c2c1. The number of nitrogens with two attached hydrogens (primary N) is 1. The molecule has 3 aromatic heterocycles. The first-order chi connectivity index (χ1) is 17.1. The van der Waals surface area contributed by atoms with Crippen LogP contribution in [-0.2, 0) is 4.74 Å². The highest BCUT2D eigenvalue weighted by atomic mass is 35.5. The average molecular weight is 507 g/mol. The smallest absolute Gasteiger partial charge is 0.161 e. The van der Waals surface area contributed by atoms with Gasteiger partial charge in [0.1, 0.15) is 5.82 Å². The van der Waals surface area contributed by atoms with E-state index < -0.39 is 0 Å². The number of fused-ring (bicyclic) bond motifs is 2. The van der Waals surface area contributed by atoms with Crippen LogP contribution in [0.2, 0.25) is 10.0 Å². The first-order valence-electron chi connectivity index (χ1n) is 11.6. The summed E-state index contributed by atoms with van der Waals surface area (Å²) < 4.78 is 6.14. The summed E-state index contributed by atoms with van der Waals surface area (Å²) in [6, 6.07) is 11.9. The second kappa shape index (κ2) is 9.24. The number of pyridine rings is 3. The van der Waals surface area contributed by atoms with Crippen LogP contribution in [0.25, 0.3) is 33.3 Å². The number of ether oxygens (including phenoxy) is 1. The van der Waals surface area contributed by atoms with E-state index in [0.29, 0.717) is 27.6 Å². The van der Waals surface area contributed by atoms with Gasteiger partial charge in [-0.05, 0) is 48.4 Å². The average Bonchev–Trinajstić information content (AvgIpc) is 2.87. The van der Waals surface area contributed by atoms with E-state index >= 15 is 0 Å². The van der Waals surface area contributed by atoms with Crippen LogP contribution < -0.4 is 16.0 Å². The number of anilines is 2. The van der Waals surface area contributed by atoms with Crippen LogP contribution in [0, 0.1) is 0 Å². The summed E-state index contributed by atoms with van der Waals surface area (Å²) >= 11 is 12.8. The van der Waals surface area contributed by atoms with Crippen molar-refractivity contribution in [2.75, 3.05) is 36.9 Å². The zero-order valence-electron chi connectivity index (χ0n) is 18.9. The molecule has 6 rings (SSSR count). The molecule has 7 nitrogen and oxygen atoms in total. The molecule has 2 saturated heterocycles. The van der Waals surface area contributed by atoms with Crippen LogP contribution in [0.4, 0.5) is 11.5 Å². The third-order valence-corrected chi connectivity index (χ3v) is 7.17. The lowest BCUT2D eigenvalue weighted by atomic mass is 9.96. The van der Waals surface area contributed by atoms with Crippen molar-refractivity contribution in [1.82, 2.24) is 20.3 Å². The Morgan fingerprint density at radius 1 is 1.00 bits per heavy atom. The number of halogens is 2. The predicted molar refractivity (Wildman–Crippen MR) is 141 cm³/mol. The molecule has 0 unspecified atom stereocenters.